The summed E-state index contributed by atoms with van der Waals surface area (Å²) in [5.74, 6) is 1.65. The van der Waals surface area contributed by atoms with Gasteiger partial charge in [0.05, 0.1) is 18.6 Å². The van der Waals surface area contributed by atoms with Gasteiger partial charge >= 0.3 is 0 Å². The van der Waals surface area contributed by atoms with E-state index in [1.165, 1.54) is 11.8 Å². The Morgan fingerprint density at radius 1 is 1.33 bits per heavy atom. The Morgan fingerprint density at radius 3 is 2.92 bits per heavy atom. The molecule has 3 rings (SSSR count). The number of carbonyl (C=O) groups excluding carboxylic acids is 1. The summed E-state index contributed by atoms with van der Waals surface area (Å²) in [5, 5.41) is 10.2. The highest BCUT2D eigenvalue weighted by Gasteiger charge is 2.28. The molecule has 0 aromatic heterocycles. The fourth-order valence-corrected chi connectivity index (χ4v) is 3.81. The third-order valence-corrected chi connectivity index (χ3v) is 5.32. The van der Waals surface area contributed by atoms with E-state index in [1.54, 1.807) is 18.1 Å². The van der Waals surface area contributed by atoms with Gasteiger partial charge in [0.25, 0.3) is 0 Å². The van der Waals surface area contributed by atoms with Crippen LogP contribution in [0.5, 0.6) is 11.5 Å². The second-order valence-corrected chi connectivity index (χ2v) is 6.97. The average molecular weight is 343 g/mol. The summed E-state index contributed by atoms with van der Waals surface area (Å²) in [4.78, 5) is 15.4. The second kappa shape index (κ2) is 7.18. The van der Waals surface area contributed by atoms with E-state index in [-0.39, 0.29) is 11.7 Å². The van der Waals surface area contributed by atoms with E-state index >= 15 is 0 Å². The van der Waals surface area contributed by atoms with E-state index in [4.69, 9.17) is 4.74 Å². The molecule has 1 amide bonds. The van der Waals surface area contributed by atoms with Crippen molar-refractivity contribution in [2.75, 3.05) is 24.3 Å². The number of amides is 1. The summed E-state index contributed by atoms with van der Waals surface area (Å²) < 4.78 is 5.21. The highest BCUT2D eigenvalue weighted by molar-refractivity contribution is 8.00. The lowest BCUT2D eigenvalue weighted by molar-refractivity contribution is -0.116. The molecule has 5 heteroatoms. The number of ether oxygens (including phenoxy) is 1. The molecule has 1 aliphatic heterocycles. The van der Waals surface area contributed by atoms with Gasteiger partial charge in [0, 0.05) is 11.4 Å². The lowest BCUT2D eigenvalue weighted by atomic mass is 9.91. The van der Waals surface area contributed by atoms with Crippen LogP contribution in [0.3, 0.4) is 0 Å². The van der Waals surface area contributed by atoms with E-state index in [9.17, 15) is 9.90 Å². The number of aromatic hydroxyl groups is 1. The number of benzene rings is 2. The highest BCUT2D eigenvalue weighted by atomic mass is 32.2. The molecule has 24 heavy (non-hydrogen) atoms. The van der Waals surface area contributed by atoms with Crippen molar-refractivity contribution < 1.29 is 14.6 Å². The van der Waals surface area contributed by atoms with Gasteiger partial charge in [-0.1, -0.05) is 25.1 Å². The van der Waals surface area contributed by atoms with Crippen LogP contribution in [-0.2, 0) is 4.79 Å². The molecule has 1 N–H and O–H groups in total. The molecule has 1 atom stereocenters. The predicted molar refractivity (Wildman–Crippen MR) is 97.2 cm³/mol. The summed E-state index contributed by atoms with van der Waals surface area (Å²) in [7, 11) is 1.63. The molecule has 0 unspecified atom stereocenters. The van der Waals surface area contributed by atoms with Crippen molar-refractivity contribution >= 4 is 23.4 Å². The van der Waals surface area contributed by atoms with Crippen molar-refractivity contribution in [1.82, 2.24) is 0 Å². The Kier molecular flexibility index (Phi) is 5.00. The van der Waals surface area contributed by atoms with Crippen LogP contribution < -0.4 is 9.64 Å². The van der Waals surface area contributed by atoms with Crippen LogP contribution in [0, 0.1) is 0 Å². The number of methoxy groups -OCH3 is 1. The topological polar surface area (TPSA) is 49.8 Å². The molecular weight excluding hydrogens is 322 g/mol. The minimum atomic E-state index is 0.0115. The number of carbonyl (C=O) groups is 1. The molecule has 0 bridgehead atoms. The Labute approximate surface area is 146 Å². The van der Waals surface area contributed by atoms with Crippen LogP contribution in [0.15, 0.2) is 47.4 Å². The first-order valence-electron chi connectivity index (χ1n) is 7.99. The summed E-state index contributed by atoms with van der Waals surface area (Å²) in [5.41, 5.74) is 1.72. The van der Waals surface area contributed by atoms with Crippen LogP contribution >= 0.6 is 11.8 Å². The number of anilines is 1. The smallest absolute Gasteiger partial charge is 0.237 e. The molecule has 2 aromatic carbocycles. The first-order chi connectivity index (χ1) is 11.6. The monoisotopic (exact) mass is 343 g/mol. The number of thioether (sulfide) groups is 1. The molecule has 1 heterocycles. The predicted octanol–water partition coefficient (Wildman–Crippen LogP) is 4.03. The first kappa shape index (κ1) is 16.7. The number of phenols is 1. The lowest BCUT2D eigenvalue weighted by Gasteiger charge is -2.33. The van der Waals surface area contributed by atoms with Gasteiger partial charge in [-0.25, -0.2) is 0 Å². The number of hydrogen-bond donors (Lipinski definition) is 1. The normalized spacial score (nSPS) is 16.6. The van der Waals surface area contributed by atoms with Gasteiger partial charge in [-0.05, 0) is 42.2 Å². The van der Waals surface area contributed by atoms with Crippen molar-refractivity contribution in [2.45, 2.75) is 24.2 Å². The third-order valence-electron chi connectivity index (χ3n) is 4.34. The lowest BCUT2D eigenvalue weighted by Crippen LogP contribution is -2.37. The molecule has 0 aliphatic carbocycles. The molecule has 126 valence electrons. The summed E-state index contributed by atoms with van der Waals surface area (Å²) >= 11 is 1.48. The molecule has 2 aromatic rings. The molecule has 0 saturated carbocycles. The van der Waals surface area contributed by atoms with E-state index < -0.39 is 0 Å². The summed E-state index contributed by atoms with van der Waals surface area (Å²) in [6.07, 6.45) is 0.909. The molecule has 0 fully saturated rings. The maximum absolute atomic E-state index is 12.7. The van der Waals surface area contributed by atoms with Crippen LogP contribution in [0.4, 0.5) is 5.69 Å². The van der Waals surface area contributed by atoms with Gasteiger partial charge in [-0.3, -0.25) is 4.79 Å². The minimum Gasteiger partial charge on any atom is -0.506 e. The number of fused-ring (bicyclic) bond motifs is 1. The zero-order chi connectivity index (χ0) is 17.1. The van der Waals surface area contributed by atoms with Crippen LogP contribution in [0.2, 0.25) is 0 Å². The van der Waals surface area contributed by atoms with E-state index in [2.05, 4.69) is 6.92 Å². The summed E-state index contributed by atoms with van der Waals surface area (Å²) in [6, 6.07) is 13.2. The first-order valence-corrected chi connectivity index (χ1v) is 8.98. The van der Waals surface area contributed by atoms with E-state index in [1.807, 2.05) is 36.4 Å². The quantitative estimate of drug-likeness (QED) is 0.852. The fourth-order valence-electron chi connectivity index (χ4n) is 2.99. The van der Waals surface area contributed by atoms with Gasteiger partial charge in [-0.2, -0.15) is 0 Å². The number of hydrogen-bond acceptors (Lipinski definition) is 4. The second-order valence-electron chi connectivity index (χ2n) is 5.92. The Hall–Kier alpha value is -2.14. The number of nitrogens with zero attached hydrogens (tertiary/aromatic N) is 1. The van der Waals surface area contributed by atoms with E-state index in [0.717, 1.165) is 22.6 Å². The third kappa shape index (κ3) is 3.36. The molecule has 0 spiro atoms. The number of phenolic OH excluding ortho intramolecular Hbond substituents is 1. The Morgan fingerprint density at radius 2 is 2.12 bits per heavy atom. The van der Waals surface area contributed by atoms with Crippen molar-refractivity contribution in [1.29, 1.82) is 0 Å². The molecule has 1 aliphatic rings. The summed E-state index contributed by atoms with van der Waals surface area (Å²) in [6.45, 7) is 2.77. The van der Waals surface area contributed by atoms with Crippen molar-refractivity contribution in [2.24, 2.45) is 0 Å². The van der Waals surface area contributed by atoms with Gasteiger partial charge in [-0.15, -0.1) is 11.8 Å². The average Bonchev–Trinajstić information content (AvgIpc) is 2.61. The van der Waals surface area contributed by atoms with Crippen LogP contribution in [0.25, 0.3) is 0 Å². The van der Waals surface area contributed by atoms with Crippen molar-refractivity contribution in [3.63, 3.8) is 0 Å². The SMILES string of the molecule is COc1cccc(SCC(=O)N2CC[C@H](C)c3cccc(O)c32)c1. The largest absolute Gasteiger partial charge is 0.506 e. The molecule has 0 saturated heterocycles. The molecule has 4 nitrogen and oxygen atoms in total. The van der Waals surface area contributed by atoms with Gasteiger partial charge in [0.2, 0.25) is 5.91 Å². The standard InChI is InChI=1S/C19H21NO3S/c1-13-9-10-20(19-16(13)7-4-8-17(19)21)18(22)12-24-15-6-3-5-14(11-15)23-2/h3-8,11,13,21H,9-10,12H2,1-2H3/t13-/m0/s1. The Balaban J connectivity index is 1.75. The molecular formula is C19H21NO3S. The highest BCUT2D eigenvalue weighted by Crippen LogP contribution is 2.41. The number of para-hydroxylation sites is 1. The van der Waals surface area contributed by atoms with E-state index in [0.29, 0.717) is 23.9 Å². The zero-order valence-electron chi connectivity index (χ0n) is 13.9. The van der Waals surface area contributed by atoms with Crippen molar-refractivity contribution in [3.8, 4) is 11.5 Å². The van der Waals surface area contributed by atoms with Gasteiger partial charge in [0.1, 0.15) is 11.5 Å². The van der Waals surface area contributed by atoms with Crippen LogP contribution in [0.1, 0.15) is 24.8 Å². The zero-order valence-corrected chi connectivity index (χ0v) is 14.7. The maximum Gasteiger partial charge on any atom is 0.237 e. The Bertz CT molecular complexity index is 747. The van der Waals surface area contributed by atoms with Crippen LogP contribution in [-0.4, -0.2) is 30.4 Å². The maximum atomic E-state index is 12.7. The van der Waals surface area contributed by atoms with Crippen molar-refractivity contribution in [3.05, 3.63) is 48.0 Å². The van der Waals surface area contributed by atoms with Gasteiger partial charge < -0.3 is 14.7 Å². The molecule has 0 radical (unpaired) electrons. The minimum absolute atomic E-state index is 0.0115. The fraction of sp³-hybridized carbons (Fsp3) is 0.316. The number of rotatable bonds is 4. The van der Waals surface area contributed by atoms with Gasteiger partial charge in [0.15, 0.2) is 0 Å².